The minimum absolute atomic E-state index is 0.205. The quantitative estimate of drug-likeness (QED) is 0.542. The summed E-state index contributed by atoms with van der Waals surface area (Å²) in [6.07, 6.45) is -0.713. The Balaban J connectivity index is 1.59. The number of hydrogen-bond donors (Lipinski definition) is 2. The molecule has 0 aliphatic rings. The molecule has 0 radical (unpaired) electrons. The second-order valence-electron chi connectivity index (χ2n) is 6.98. The number of rotatable bonds is 6. The van der Waals surface area contributed by atoms with Gasteiger partial charge >= 0.3 is 0 Å². The Morgan fingerprint density at radius 1 is 0.900 bits per heavy atom. The Bertz CT molecular complexity index is 1050. The molecule has 0 aromatic heterocycles. The molecular formula is C24H23ClN2O3. The molecule has 0 fully saturated rings. The van der Waals surface area contributed by atoms with Crippen LogP contribution in [0.15, 0.2) is 66.7 Å². The number of nitrogens with one attached hydrogen (secondary N) is 2. The normalized spacial score (nSPS) is 11.5. The maximum absolute atomic E-state index is 12.5. The highest BCUT2D eigenvalue weighted by molar-refractivity contribution is 6.30. The Morgan fingerprint density at radius 2 is 1.57 bits per heavy atom. The summed E-state index contributed by atoms with van der Waals surface area (Å²) in [7, 11) is 0. The molecule has 0 bridgehead atoms. The minimum Gasteiger partial charge on any atom is -0.481 e. The molecule has 30 heavy (non-hydrogen) atoms. The van der Waals surface area contributed by atoms with Crippen molar-refractivity contribution < 1.29 is 14.3 Å². The van der Waals surface area contributed by atoms with E-state index in [0.717, 1.165) is 16.8 Å². The summed E-state index contributed by atoms with van der Waals surface area (Å²) in [6, 6.07) is 19.3. The zero-order chi connectivity index (χ0) is 21.7. The lowest BCUT2D eigenvalue weighted by Gasteiger charge is -2.15. The van der Waals surface area contributed by atoms with Gasteiger partial charge in [-0.3, -0.25) is 9.59 Å². The van der Waals surface area contributed by atoms with Crippen LogP contribution < -0.4 is 15.4 Å². The van der Waals surface area contributed by atoms with E-state index in [0.29, 0.717) is 22.0 Å². The van der Waals surface area contributed by atoms with Gasteiger partial charge in [-0.25, -0.2) is 0 Å². The fraction of sp³-hybridized carbons (Fsp3) is 0.167. The van der Waals surface area contributed by atoms with E-state index in [1.165, 1.54) is 0 Å². The van der Waals surface area contributed by atoms with Gasteiger partial charge in [-0.2, -0.15) is 0 Å². The van der Waals surface area contributed by atoms with Gasteiger partial charge in [-0.1, -0.05) is 23.7 Å². The molecule has 2 amide bonds. The third-order valence-electron chi connectivity index (χ3n) is 4.76. The summed E-state index contributed by atoms with van der Waals surface area (Å²) >= 11 is 5.85. The lowest BCUT2D eigenvalue weighted by atomic mass is 10.1. The van der Waals surface area contributed by atoms with Crippen LogP contribution in [-0.2, 0) is 4.79 Å². The van der Waals surface area contributed by atoms with Gasteiger partial charge in [-0.05, 0) is 86.5 Å². The molecule has 0 saturated heterocycles. The van der Waals surface area contributed by atoms with E-state index in [9.17, 15) is 9.59 Å². The number of benzene rings is 3. The number of halogens is 1. The second kappa shape index (κ2) is 9.46. The Hall–Kier alpha value is -3.31. The van der Waals surface area contributed by atoms with E-state index in [1.807, 2.05) is 32.0 Å². The lowest BCUT2D eigenvalue weighted by Crippen LogP contribution is -2.30. The van der Waals surface area contributed by atoms with Gasteiger partial charge in [0.25, 0.3) is 11.8 Å². The second-order valence-corrected chi connectivity index (χ2v) is 7.42. The first kappa shape index (κ1) is 21.4. The fourth-order valence-corrected chi connectivity index (χ4v) is 2.93. The highest BCUT2D eigenvalue weighted by Gasteiger charge is 2.15. The zero-order valence-corrected chi connectivity index (χ0v) is 17.8. The van der Waals surface area contributed by atoms with Crippen LogP contribution in [0.4, 0.5) is 11.4 Å². The first-order valence-corrected chi connectivity index (χ1v) is 9.92. The molecule has 5 nitrogen and oxygen atoms in total. The van der Waals surface area contributed by atoms with E-state index >= 15 is 0 Å². The Morgan fingerprint density at radius 3 is 2.23 bits per heavy atom. The Kier molecular flexibility index (Phi) is 6.75. The van der Waals surface area contributed by atoms with Crippen molar-refractivity contribution >= 4 is 34.8 Å². The summed E-state index contributed by atoms with van der Waals surface area (Å²) in [6.45, 7) is 5.63. The summed E-state index contributed by atoms with van der Waals surface area (Å²) in [4.78, 5) is 24.8. The van der Waals surface area contributed by atoms with Crippen LogP contribution in [-0.4, -0.2) is 17.9 Å². The van der Waals surface area contributed by atoms with Gasteiger partial charge in [0.05, 0.1) is 0 Å². The SMILES string of the molecule is Cc1cccc(NC(=O)c2ccc(O[C@H](C)C(=O)Nc3ccc(Cl)cc3)cc2)c1C. The molecule has 154 valence electrons. The van der Waals surface area contributed by atoms with Crippen molar-refractivity contribution in [1.82, 2.24) is 0 Å². The van der Waals surface area contributed by atoms with Gasteiger partial charge in [-0.15, -0.1) is 0 Å². The third-order valence-corrected chi connectivity index (χ3v) is 5.02. The predicted molar refractivity (Wildman–Crippen MR) is 120 cm³/mol. The number of aryl methyl sites for hydroxylation is 1. The van der Waals surface area contributed by atoms with Crippen LogP contribution in [0.5, 0.6) is 5.75 Å². The fourth-order valence-electron chi connectivity index (χ4n) is 2.80. The highest BCUT2D eigenvalue weighted by atomic mass is 35.5. The minimum atomic E-state index is -0.713. The molecule has 1 atom stereocenters. The summed E-state index contributed by atoms with van der Waals surface area (Å²) in [5.41, 5.74) is 4.07. The van der Waals surface area contributed by atoms with E-state index in [-0.39, 0.29) is 11.8 Å². The largest absolute Gasteiger partial charge is 0.481 e. The predicted octanol–water partition coefficient (Wildman–Crippen LogP) is 5.62. The van der Waals surface area contributed by atoms with Gasteiger partial charge in [0.15, 0.2) is 6.10 Å². The molecule has 0 saturated carbocycles. The number of carbonyl (C=O) groups excluding carboxylic acids is 2. The van der Waals surface area contributed by atoms with Crippen molar-refractivity contribution in [2.45, 2.75) is 26.9 Å². The first-order chi connectivity index (χ1) is 14.3. The number of amides is 2. The van der Waals surface area contributed by atoms with E-state index in [4.69, 9.17) is 16.3 Å². The van der Waals surface area contributed by atoms with Crippen molar-refractivity contribution in [3.8, 4) is 5.75 Å². The lowest BCUT2D eigenvalue weighted by molar-refractivity contribution is -0.122. The van der Waals surface area contributed by atoms with Crippen molar-refractivity contribution in [2.75, 3.05) is 10.6 Å². The standard InChI is InChI=1S/C24H23ClN2O3/c1-15-5-4-6-22(16(15)2)27-24(29)18-7-13-21(14-8-18)30-17(3)23(28)26-20-11-9-19(25)10-12-20/h4-14,17H,1-3H3,(H,26,28)(H,27,29)/t17-/m1/s1. The molecule has 6 heteroatoms. The zero-order valence-electron chi connectivity index (χ0n) is 17.0. The van der Waals surface area contributed by atoms with Crippen LogP contribution in [0.1, 0.15) is 28.4 Å². The van der Waals surface area contributed by atoms with Gasteiger partial charge in [0, 0.05) is 22.0 Å². The molecule has 0 aliphatic carbocycles. The molecule has 0 spiro atoms. The number of anilines is 2. The molecule has 0 aliphatic heterocycles. The average Bonchev–Trinajstić information content (AvgIpc) is 2.73. The smallest absolute Gasteiger partial charge is 0.265 e. The summed E-state index contributed by atoms with van der Waals surface area (Å²) in [5.74, 6) is 0.00915. The Labute approximate surface area is 181 Å². The molecule has 0 heterocycles. The third kappa shape index (κ3) is 5.39. The van der Waals surface area contributed by atoms with Crippen LogP contribution in [0, 0.1) is 13.8 Å². The van der Waals surface area contributed by atoms with Gasteiger partial charge in [0.2, 0.25) is 0 Å². The topological polar surface area (TPSA) is 67.4 Å². The van der Waals surface area contributed by atoms with Crippen LogP contribution in [0.25, 0.3) is 0 Å². The van der Waals surface area contributed by atoms with E-state index < -0.39 is 6.10 Å². The molecule has 3 aromatic rings. The number of hydrogen-bond acceptors (Lipinski definition) is 3. The molecular weight excluding hydrogens is 400 g/mol. The average molecular weight is 423 g/mol. The van der Waals surface area contributed by atoms with Crippen LogP contribution in [0.3, 0.4) is 0 Å². The van der Waals surface area contributed by atoms with E-state index in [1.54, 1.807) is 55.5 Å². The van der Waals surface area contributed by atoms with Crippen molar-refractivity contribution in [2.24, 2.45) is 0 Å². The maximum Gasteiger partial charge on any atom is 0.265 e. The number of carbonyl (C=O) groups is 2. The monoisotopic (exact) mass is 422 g/mol. The van der Waals surface area contributed by atoms with Crippen molar-refractivity contribution in [1.29, 1.82) is 0 Å². The number of ether oxygens (including phenoxy) is 1. The molecule has 3 aromatic carbocycles. The van der Waals surface area contributed by atoms with Gasteiger partial charge in [0.1, 0.15) is 5.75 Å². The van der Waals surface area contributed by atoms with Crippen molar-refractivity contribution in [3.63, 3.8) is 0 Å². The van der Waals surface area contributed by atoms with Crippen molar-refractivity contribution in [3.05, 3.63) is 88.4 Å². The molecule has 0 unspecified atom stereocenters. The molecule has 2 N–H and O–H groups in total. The van der Waals surface area contributed by atoms with Crippen LogP contribution >= 0.6 is 11.6 Å². The maximum atomic E-state index is 12.5. The van der Waals surface area contributed by atoms with E-state index in [2.05, 4.69) is 10.6 Å². The van der Waals surface area contributed by atoms with Gasteiger partial charge < -0.3 is 15.4 Å². The first-order valence-electron chi connectivity index (χ1n) is 9.54. The summed E-state index contributed by atoms with van der Waals surface area (Å²) in [5, 5.41) is 6.29. The highest BCUT2D eigenvalue weighted by Crippen LogP contribution is 2.20. The summed E-state index contributed by atoms with van der Waals surface area (Å²) < 4.78 is 5.69. The molecule has 3 rings (SSSR count). The van der Waals surface area contributed by atoms with Crippen LogP contribution in [0.2, 0.25) is 5.02 Å².